The van der Waals surface area contributed by atoms with E-state index in [-0.39, 0.29) is 12.5 Å². The Kier molecular flexibility index (Phi) is 4.39. The van der Waals surface area contributed by atoms with Gasteiger partial charge in [-0.25, -0.2) is 0 Å². The number of carbonyl (C=O) groups excluding carboxylic acids is 1. The summed E-state index contributed by atoms with van der Waals surface area (Å²) in [6.07, 6.45) is 0.851. The van der Waals surface area contributed by atoms with Crippen LogP contribution in [0.4, 0.5) is 0 Å². The van der Waals surface area contributed by atoms with E-state index < -0.39 is 11.4 Å². The first-order valence-electron chi connectivity index (χ1n) is 6.66. The summed E-state index contributed by atoms with van der Waals surface area (Å²) in [5.74, 6) is -0.881. The lowest BCUT2D eigenvalue weighted by atomic mass is 9.79. The smallest absolute Gasteiger partial charge is 0.312 e. The van der Waals surface area contributed by atoms with Crippen LogP contribution in [-0.2, 0) is 9.53 Å². The molecule has 1 aromatic rings. The van der Waals surface area contributed by atoms with Crippen LogP contribution in [0.3, 0.4) is 0 Å². The maximum Gasteiger partial charge on any atom is 0.312 e. The predicted octanol–water partition coefficient (Wildman–Crippen LogP) is 1.64. The van der Waals surface area contributed by atoms with Gasteiger partial charge in [-0.3, -0.25) is 9.59 Å². The van der Waals surface area contributed by atoms with E-state index >= 15 is 0 Å². The van der Waals surface area contributed by atoms with E-state index in [1.807, 2.05) is 18.2 Å². The average Bonchev–Trinajstić information content (AvgIpc) is 2.48. The number of hydrogen-bond acceptors (Lipinski definition) is 3. The fourth-order valence-corrected chi connectivity index (χ4v) is 2.60. The Morgan fingerprint density at radius 3 is 2.35 bits per heavy atom. The molecule has 0 aromatic heterocycles. The molecule has 2 rings (SSSR count). The molecule has 1 aliphatic rings. The van der Waals surface area contributed by atoms with Gasteiger partial charge in [-0.2, -0.15) is 0 Å². The molecule has 20 heavy (non-hydrogen) atoms. The van der Waals surface area contributed by atoms with Crippen molar-refractivity contribution >= 4 is 11.9 Å². The second-order valence-electron chi connectivity index (χ2n) is 5.18. The van der Waals surface area contributed by atoms with Crippen molar-refractivity contribution in [2.45, 2.75) is 12.8 Å². The van der Waals surface area contributed by atoms with Crippen molar-refractivity contribution in [2.75, 3.05) is 26.8 Å². The van der Waals surface area contributed by atoms with Gasteiger partial charge in [0.2, 0.25) is 0 Å². The van der Waals surface area contributed by atoms with Crippen LogP contribution in [0.2, 0.25) is 0 Å². The van der Waals surface area contributed by atoms with Crippen LogP contribution < -0.4 is 0 Å². The number of carbonyl (C=O) groups is 2. The Bertz CT molecular complexity index is 478. The zero-order chi connectivity index (χ0) is 14.6. The van der Waals surface area contributed by atoms with Gasteiger partial charge in [0.1, 0.15) is 0 Å². The Balaban J connectivity index is 2.04. The Labute approximate surface area is 118 Å². The highest BCUT2D eigenvalue weighted by Gasteiger charge is 2.42. The zero-order valence-electron chi connectivity index (χ0n) is 11.5. The molecule has 1 fully saturated rings. The van der Waals surface area contributed by atoms with Crippen molar-refractivity contribution in [2.24, 2.45) is 5.41 Å². The van der Waals surface area contributed by atoms with Gasteiger partial charge in [-0.1, -0.05) is 18.2 Å². The fourth-order valence-electron chi connectivity index (χ4n) is 2.60. The SMILES string of the molecule is COCC1(C(=O)O)CCN(C(=O)c2ccccc2)CC1. The van der Waals surface area contributed by atoms with Gasteiger partial charge >= 0.3 is 5.97 Å². The van der Waals surface area contributed by atoms with Gasteiger partial charge in [0.05, 0.1) is 12.0 Å². The van der Waals surface area contributed by atoms with E-state index in [0.717, 1.165) is 0 Å². The number of aliphatic carboxylic acids is 1. The molecule has 0 unspecified atom stereocenters. The number of nitrogens with zero attached hydrogens (tertiary/aromatic N) is 1. The molecule has 0 spiro atoms. The van der Waals surface area contributed by atoms with E-state index in [1.54, 1.807) is 17.0 Å². The molecule has 1 amide bonds. The van der Waals surface area contributed by atoms with E-state index in [0.29, 0.717) is 31.5 Å². The third-order valence-electron chi connectivity index (χ3n) is 3.90. The Morgan fingerprint density at radius 1 is 1.25 bits per heavy atom. The molecule has 0 saturated carbocycles. The van der Waals surface area contributed by atoms with Crippen molar-refractivity contribution in [1.29, 1.82) is 0 Å². The number of carboxylic acid groups (broad SMARTS) is 1. The van der Waals surface area contributed by atoms with Crippen molar-refractivity contribution in [3.63, 3.8) is 0 Å². The minimum atomic E-state index is -0.859. The lowest BCUT2D eigenvalue weighted by Crippen LogP contribution is -2.48. The number of ether oxygens (including phenoxy) is 1. The first kappa shape index (κ1) is 14.5. The normalized spacial score (nSPS) is 17.8. The molecular formula is C15H19NO4. The highest BCUT2D eigenvalue weighted by molar-refractivity contribution is 5.94. The minimum Gasteiger partial charge on any atom is -0.481 e. The van der Waals surface area contributed by atoms with Crippen molar-refractivity contribution in [1.82, 2.24) is 4.90 Å². The quantitative estimate of drug-likeness (QED) is 0.908. The summed E-state index contributed by atoms with van der Waals surface area (Å²) in [4.78, 5) is 25.4. The molecule has 1 heterocycles. The second kappa shape index (κ2) is 6.05. The molecule has 5 heteroatoms. The number of benzene rings is 1. The summed E-state index contributed by atoms with van der Waals surface area (Å²) in [5.41, 5.74) is -0.218. The maximum absolute atomic E-state index is 12.3. The second-order valence-corrected chi connectivity index (χ2v) is 5.18. The molecule has 0 atom stereocenters. The first-order chi connectivity index (χ1) is 9.59. The third kappa shape index (κ3) is 2.82. The molecule has 0 radical (unpaired) electrons. The lowest BCUT2D eigenvalue weighted by molar-refractivity contribution is -0.155. The van der Waals surface area contributed by atoms with Gasteiger partial charge in [-0.05, 0) is 25.0 Å². The van der Waals surface area contributed by atoms with E-state index in [9.17, 15) is 14.7 Å². The Hall–Kier alpha value is -1.88. The number of methoxy groups -OCH3 is 1. The van der Waals surface area contributed by atoms with Crippen LogP contribution in [0.1, 0.15) is 23.2 Å². The monoisotopic (exact) mass is 277 g/mol. The highest BCUT2D eigenvalue weighted by atomic mass is 16.5. The molecular weight excluding hydrogens is 258 g/mol. The molecule has 1 saturated heterocycles. The number of likely N-dealkylation sites (tertiary alicyclic amines) is 1. The van der Waals surface area contributed by atoms with E-state index in [4.69, 9.17) is 4.74 Å². The summed E-state index contributed by atoms with van der Waals surface area (Å²) in [6, 6.07) is 9.06. The summed E-state index contributed by atoms with van der Waals surface area (Å²) in [7, 11) is 1.51. The maximum atomic E-state index is 12.3. The van der Waals surface area contributed by atoms with Crippen LogP contribution in [-0.4, -0.2) is 48.7 Å². The molecule has 0 aliphatic carbocycles. The number of carboxylic acids is 1. The van der Waals surface area contributed by atoms with Crippen LogP contribution in [0.25, 0.3) is 0 Å². The van der Waals surface area contributed by atoms with Crippen LogP contribution >= 0.6 is 0 Å². The van der Waals surface area contributed by atoms with Crippen LogP contribution in [0.5, 0.6) is 0 Å². The number of rotatable bonds is 4. The Morgan fingerprint density at radius 2 is 1.85 bits per heavy atom. The van der Waals surface area contributed by atoms with Gasteiger partial charge < -0.3 is 14.7 Å². The first-order valence-corrected chi connectivity index (χ1v) is 6.66. The minimum absolute atomic E-state index is 0.0398. The van der Waals surface area contributed by atoms with Crippen molar-refractivity contribution in [3.8, 4) is 0 Å². The summed E-state index contributed by atoms with van der Waals surface area (Å²) >= 11 is 0. The van der Waals surface area contributed by atoms with Crippen molar-refractivity contribution < 1.29 is 19.4 Å². The average molecular weight is 277 g/mol. The predicted molar refractivity (Wildman–Crippen MR) is 73.5 cm³/mol. The van der Waals surface area contributed by atoms with Crippen LogP contribution in [0, 0.1) is 5.41 Å². The molecule has 1 aliphatic heterocycles. The zero-order valence-corrected chi connectivity index (χ0v) is 11.5. The molecule has 0 bridgehead atoms. The lowest BCUT2D eigenvalue weighted by Gasteiger charge is -2.38. The summed E-state index contributed by atoms with van der Waals surface area (Å²) in [5, 5.41) is 9.38. The van der Waals surface area contributed by atoms with Gasteiger partial charge in [0.15, 0.2) is 0 Å². The molecule has 1 N–H and O–H groups in total. The highest BCUT2D eigenvalue weighted by Crippen LogP contribution is 2.32. The number of piperidine rings is 1. The summed E-state index contributed by atoms with van der Waals surface area (Å²) in [6.45, 7) is 1.09. The third-order valence-corrected chi connectivity index (χ3v) is 3.90. The standard InChI is InChI=1S/C15H19NO4/c1-20-11-15(14(18)19)7-9-16(10-8-15)13(17)12-5-3-2-4-6-12/h2-6H,7-11H2,1H3,(H,18,19). The van der Waals surface area contributed by atoms with Crippen LogP contribution in [0.15, 0.2) is 30.3 Å². The van der Waals surface area contributed by atoms with Gasteiger partial charge in [0.25, 0.3) is 5.91 Å². The molecule has 1 aromatic carbocycles. The number of hydrogen-bond donors (Lipinski definition) is 1. The van der Waals surface area contributed by atoms with Gasteiger partial charge in [0, 0.05) is 25.8 Å². The number of amides is 1. The van der Waals surface area contributed by atoms with E-state index in [2.05, 4.69) is 0 Å². The molecule has 108 valence electrons. The fraction of sp³-hybridized carbons (Fsp3) is 0.467. The largest absolute Gasteiger partial charge is 0.481 e. The van der Waals surface area contributed by atoms with E-state index in [1.165, 1.54) is 7.11 Å². The van der Waals surface area contributed by atoms with Crippen molar-refractivity contribution in [3.05, 3.63) is 35.9 Å². The molecule has 5 nitrogen and oxygen atoms in total. The summed E-state index contributed by atoms with van der Waals surface area (Å²) < 4.78 is 5.04. The topological polar surface area (TPSA) is 66.8 Å². The van der Waals surface area contributed by atoms with Gasteiger partial charge in [-0.15, -0.1) is 0 Å².